The lowest BCUT2D eigenvalue weighted by Crippen LogP contribution is -2.18. The van der Waals surface area contributed by atoms with Gasteiger partial charge in [0.1, 0.15) is 0 Å². The molecule has 146 valence electrons. The Bertz CT molecular complexity index is 1160. The number of aryl methyl sites for hydroxylation is 1. The van der Waals surface area contributed by atoms with Crippen LogP contribution in [-0.4, -0.2) is 15.7 Å². The molecule has 3 nitrogen and oxygen atoms in total. The van der Waals surface area contributed by atoms with Gasteiger partial charge in [-0.2, -0.15) is 0 Å². The first-order valence-corrected chi connectivity index (χ1v) is 11.0. The second kappa shape index (κ2) is 9.10. The monoisotopic (exact) mass is 400 g/mol. The Morgan fingerprint density at radius 2 is 1.69 bits per heavy atom. The van der Waals surface area contributed by atoms with Gasteiger partial charge in [0.25, 0.3) is 5.56 Å². The Kier molecular flexibility index (Phi) is 6.11. The average Bonchev–Trinajstić information content (AvgIpc) is 2.75. The van der Waals surface area contributed by atoms with E-state index in [0.29, 0.717) is 18.0 Å². The van der Waals surface area contributed by atoms with Crippen molar-refractivity contribution in [3.8, 4) is 0 Å². The summed E-state index contributed by atoms with van der Waals surface area (Å²) in [4.78, 5) is 20.5. The fourth-order valence-corrected chi connectivity index (χ4v) is 4.51. The molecule has 4 aromatic rings. The van der Waals surface area contributed by atoms with E-state index in [1.54, 1.807) is 11.8 Å². The molecule has 0 spiro atoms. The minimum atomic E-state index is -0.0139. The van der Waals surface area contributed by atoms with Crippen LogP contribution in [0, 0.1) is 0 Å². The summed E-state index contributed by atoms with van der Waals surface area (Å²) < 4.78 is 0. The zero-order valence-electron chi connectivity index (χ0n) is 16.5. The van der Waals surface area contributed by atoms with Gasteiger partial charge in [0.15, 0.2) is 5.16 Å². The van der Waals surface area contributed by atoms with Gasteiger partial charge in [0, 0.05) is 17.7 Å². The Morgan fingerprint density at radius 3 is 2.52 bits per heavy atom. The van der Waals surface area contributed by atoms with E-state index in [4.69, 9.17) is 4.98 Å². The molecule has 4 heteroatoms. The number of H-pyrrole nitrogens is 1. The van der Waals surface area contributed by atoms with E-state index in [-0.39, 0.29) is 5.56 Å². The van der Waals surface area contributed by atoms with Crippen molar-refractivity contribution in [1.82, 2.24) is 9.97 Å². The molecule has 0 radical (unpaired) electrons. The molecule has 0 amide bonds. The highest BCUT2D eigenvalue weighted by Gasteiger charge is 2.12. The van der Waals surface area contributed by atoms with Crippen molar-refractivity contribution in [3.05, 3.63) is 106 Å². The Morgan fingerprint density at radius 1 is 0.931 bits per heavy atom. The van der Waals surface area contributed by atoms with E-state index in [0.717, 1.165) is 23.4 Å². The second-order valence-corrected chi connectivity index (χ2v) is 8.13. The van der Waals surface area contributed by atoms with Gasteiger partial charge < -0.3 is 4.98 Å². The summed E-state index contributed by atoms with van der Waals surface area (Å²) in [7, 11) is 0. The molecule has 1 heterocycles. The fraction of sp³-hybridized carbons (Fsp3) is 0.200. The standard InChI is InChI=1S/C25H24N2OS/c1-2-21-23(17-20-13-8-12-19-11-6-7-14-22(19)20)26-25(27-24(21)28)29-16-15-18-9-4-3-5-10-18/h3-14H,2,15-17H2,1H3,(H,26,27,28). The predicted molar refractivity (Wildman–Crippen MR) is 122 cm³/mol. The summed E-state index contributed by atoms with van der Waals surface area (Å²) in [5, 5.41) is 3.14. The number of rotatable bonds is 7. The highest BCUT2D eigenvalue weighted by atomic mass is 32.2. The number of aromatic amines is 1. The Balaban J connectivity index is 1.59. The molecule has 0 saturated heterocycles. The predicted octanol–water partition coefficient (Wildman–Crippen LogP) is 5.41. The smallest absolute Gasteiger partial charge is 0.254 e. The molecule has 0 aliphatic heterocycles. The zero-order valence-corrected chi connectivity index (χ0v) is 17.3. The lowest BCUT2D eigenvalue weighted by Gasteiger charge is -2.11. The molecule has 1 aromatic heterocycles. The first kappa shape index (κ1) is 19.5. The van der Waals surface area contributed by atoms with Crippen LogP contribution < -0.4 is 5.56 Å². The summed E-state index contributed by atoms with van der Waals surface area (Å²) in [5.74, 6) is 0.881. The van der Waals surface area contributed by atoms with Gasteiger partial charge in [-0.05, 0) is 34.7 Å². The molecule has 0 unspecified atom stereocenters. The van der Waals surface area contributed by atoms with Gasteiger partial charge in [0.05, 0.1) is 5.69 Å². The molecule has 0 bridgehead atoms. The molecule has 0 fully saturated rings. The molecule has 0 atom stereocenters. The lowest BCUT2D eigenvalue weighted by molar-refractivity contribution is 0.836. The van der Waals surface area contributed by atoms with Crippen LogP contribution in [0.5, 0.6) is 0 Å². The minimum Gasteiger partial charge on any atom is -0.301 e. The molecule has 4 rings (SSSR count). The van der Waals surface area contributed by atoms with Crippen molar-refractivity contribution >= 4 is 22.5 Å². The largest absolute Gasteiger partial charge is 0.301 e. The van der Waals surface area contributed by atoms with Crippen LogP contribution in [-0.2, 0) is 19.3 Å². The maximum Gasteiger partial charge on any atom is 0.254 e. The highest BCUT2D eigenvalue weighted by Crippen LogP contribution is 2.23. The third-order valence-electron chi connectivity index (χ3n) is 5.14. The lowest BCUT2D eigenvalue weighted by atomic mass is 9.99. The van der Waals surface area contributed by atoms with E-state index in [1.807, 2.05) is 13.0 Å². The van der Waals surface area contributed by atoms with E-state index in [1.165, 1.54) is 21.9 Å². The number of hydrogen-bond acceptors (Lipinski definition) is 3. The van der Waals surface area contributed by atoms with Crippen LogP contribution in [0.4, 0.5) is 0 Å². The van der Waals surface area contributed by atoms with Crippen molar-refractivity contribution in [2.45, 2.75) is 31.3 Å². The van der Waals surface area contributed by atoms with Gasteiger partial charge in [-0.25, -0.2) is 4.98 Å². The topological polar surface area (TPSA) is 45.8 Å². The zero-order chi connectivity index (χ0) is 20.1. The molecule has 0 saturated carbocycles. The van der Waals surface area contributed by atoms with Crippen LogP contribution in [0.3, 0.4) is 0 Å². The van der Waals surface area contributed by atoms with Crippen molar-refractivity contribution in [2.24, 2.45) is 0 Å². The average molecular weight is 401 g/mol. The summed E-state index contributed by atoms with van der Waals surface area (Å²) in [6, 6.07) is 25.1. The number of nitrogens with one attached hydrogen (secondary N) is 1. The van der Waals surface area contributed by atoms with Crippen molar-refractivity contribution in [3.63, 3.8) is 0 Å². The molecule has 1 N–H and O–H groups in total. The van der Waals surface area contributed by atoms with Gasteiger partial charge in [0.2, 0.25) is 0 Å². The molecule has 0 aliphatic rings. The molecular formula is C25H24N2OS. The van der Waals surface area contributed by atoms with Crippen LogP contribution >= 0.6 is 11.8 Å². The molecule has 0 aliphatic carbocycles. The summed E-state index contributed by atoms with van der Waals surface area (Å²) in [6.45, 7) is 2.01. The van der Waals surface area contributed by atoms with Crippen molar-refractivity contribution in [1.29, 1.82) is 0 Å². The van der Waals surface area contributed by atoms with Crippen molar-refractivity contribution in [2.75, 3.05) is 5.75 Å². The number of fused-ring (bicyclic) bond motifs is 1. The molecule has 3 aromatic carbocycles. The number of aromatic nitrogens is 2. The number of hydrogen-bond donors (Lipinski definition) is 1. The quantitative estimate of drug-likeness (QED) is 0.333. The van der Waals surface area contributed by atoms with Crippen LogP contribution in [0.2, 0.25) is 0 Å². The minimum absolute atomic E-state index is 0.0139. The van der Waals surface area contributed by atoms with Gasteiger partial charge in [-0.1, -0.05) is 91.5 Å². The first-order chi connectivity index (χ1) is 14.2. The van der Waals surface area contributed by atoms with E-state index in [2.05, 4.69) is 71.7 Å². The van der Waals surface area contributed by atoms with Crippen LogP contribution in [0.25, 0.3) is 10.8 Å². The van der Waals surface area contributed by atoms with Gasteiger partial charge >= 0.3 is 0 Å². The first-order valence-electron chi connectivity index (χ1n) is 10.00. The van der Waals surface area contributed by atoms with E-state index < -0.39 is 0 Å². The third kappa shape index (κ3) is 4.60. The van der Waals surface area contributed by atoms with E-state index in [9.17, 15) is 4.79 Å². The maximum atomic E-state index is 12.7. The Labute approximate surface area is 175 Å². The third-order valence-corrected chi connectivity index (χ3v) is 6.02. The Hall–Kier alpha value is -2.85. The summed E-state index contributed by atoms with van der Waals surface area (Å²) in [5.41, 5.74) is 4.15. The summed E-state index contributed by atoms with van der Waals surface area (Å²) >= 11 is 1.61. The number of thioether (sulfide) groups is 1. The van der Waals surface area contributed by atoms with Crippen LogP contribution in [0.15, 0.2) is 82.7 Å². The number of nitrogens with zero attached hydrogens (tertiary/aromatic N) is 1. The second-order valence-electron chi connectivity index (χ2n) is 7.05. The van der Waals surface area contributed by atoms with Gasteiger partial charge in [-0.3, -0.25) is 4.79 Å². The van der Waals surface area contributed by atoms with Crippen LogP contribution in [0.1, 0.15) is 29.3 Å². The fourth-order valence-electron chi connectivity index (χ4n) is 3.64. The SMILES string of the molecule is CCc1c(Cc2cccc3ccccc23)nc(SCCc2ccccc2)[nH]c1=O. The number of benzene rings is 3. The van der Waals surface area contributed by atoms with Gasteiger partial charge in [-0.15, -0.1) is 0 Å². The van der Waals surface area contributed by atoms with Crippen molar-refractivity contribution < 1.29 is 0 Å². The summed E-state index contributed by atoms with van der Waals surface area (Å²) in [6.07, 6.45) is 2.29. The molecule has 29 heavy (non-hydrogen) atoms. The van der Waals surface area contributed by atoms with E-state index >= 15 is 0 Å². The molecular weight excluding hydrogens is 376 g/mol. The highest BCUT2D eigenvalue weighted by molar-refractivity contribution is 7.99. The normalized spacial score (nSPS) is 11.1. The maximum absolute atomic E-state index is 12.7.